The predicted octanol–water partition coefficient (Wildman–Crippen LogP) is 6.02. The molecular weight excluding hydrogens is 305 g/mol. The largest absolute Gasteiger partial charge is 0.314 e. The van der Waals surface area contributed by atoms with E-state index >= 15 is 0 Å². The summed E-state index contributed by atoms with van der Waals surface area (Å²) in [6.07, 6.45) is 4.09. The number of rotatable bonds is 5. The topological polar surface area (TPSA) is 29.5 Å². The molecule has 3 nitrogen and oxygen atoms in total. The molecule has 0 amide bonds. The molecule has 1 saturated heterocycles. The Bertz CT molecular complexity index is 538. The Kier molecular flexibility index (Phi) is 6.10. The van der Waals surface area contributed by atoms with E-state index in [1.165, 1.54) is 0 Å². The summed E-state index contributed by atoms with van der Waals surface area (Å²) in [5, 5.41) is 0. The van der Waals surface area contributed by atoms with E-state index in [9.17, 15) is 4.57 Å². The van der Waals surface area contributed by atoms with Crippen LogP contribution >= 0.6 is 7.52 Å². The highest BCUT2D eigenvalue weighted by Crippen LogP contribution is 2.68. The summed E-state index contributed by atoms with van der Waals surface area (Å²) in [6, 6.07) is 10.3. The van der Waals surface area contributed by atoms with Gasteiger partial charge in [0, 0.05) is 12.1 Å². The van der Waals surface area contributed by atoms with E-state index in [1.807, 2.05) is 18.2 Å². The minimum absolute atomic E-state index is 0.0365. The third kappa shape index (κ3) is 4.26. The van der Waals surface area contributed by atoms with Gasteiger partial charge >= 0.3 is 0 Å². The van der Waals surface area contributed by atoms with Gasteiger partial charge < -0.3 is 4.52 Å². The summed E-state index contributed by atoms with van der Waals surface area (Å²) in [5.41, 5.74) is 0.952. The van der Waals surface area contributed by atoms with E-state index in [0.29, 0.717) is 0 Å². The first-order valence-corrected chi connectivity index (χ1v) is 10.5. The highest BCUT2D eigenvalue weighted by molar-refractivity contribution is 7.57. The van der Waals surface area contributed by atoms with Crippen molar-refractivity contribution in [3.63, 3.8) is 0 Å². The predicted molar refractivity (Wildman–Crippen MR) is 97.9 cm³/mol. The van der Waals surface area contributed by atoms with Crippen LogP contribution in [0, 0.1) is 0 Å². The Morgan fingerprint density at radius 2 is 1.96 bits per heavy atom. The van der Waals surface area contributed by atoms with Gasteiger partial charge in [0.15, 0.2) is 0 Å². The highest BCUT2D eigenvalue weighted by Gasteiger charge is 2.48. The van der Waals surface area contributed by atoms with Gasteiger partial charge in [-0.05, 0) is 46.1 Å². The van der Waals surface area contributed by atoms with Crippen LogP contribution in [0.1, 0.15) is 71.5 Å². The second-order valence-electron chi connectivity index (χ2n) is 7.63. The van der Waals surface area contributed by atoms with Crippen molar-refractivity contribution in [1.29, 1.82) is 0 Å². The average Bonchev–Trinajstić information content (AvgIpc) is 2.47. The molecule has 1 aliphatic rings. The standard InChI is InChI=1S/C19H32NO2P/c1-6-7-13-18(17-11-9-8-10-12-17)23(21)20(19(3,4)5)15-14-16(2)22-23/h8-12,16,18H,6-7,13-15H2,1-5H3/t16-,18-,23?/m0/s1. The normalized spacial score (nSPS) is 27.8. The van der Waals surface area contributed by atoms with Crippen molar-refractivity contribution in [2.45, 2.75) is 77.6 Å². The SMILES string of the molecule is CCCC[C@@H](c1ccccc1)P1(=O)O[C@@H](C)CCN1C(C)(C)C. The number of hydrogen-bond donors (Lipinski definition) is 0. The molecule has 0 radical (unpaired) electrons. The molecule has 0 saturated carbocycles. The third-order valence-electron chi connectivity index (χ3n) is 4.60. The lowest BCUT2D eigenvalue weighted by Gasteiger charge is -2.48. The lowest BCUT2D eigenvalue weighted by molar-refractivity contribution is 0.0949. The van der Waals surface area contributed by atoms with E-state index < -0.39 is 7.52 Å². The van der Waals surface area contributed by atoms with Gasteiger partial charge in [-0.25, -0.2) is 4.67 Å². The molecule has 0 aliphatic carbocycles. The van der Waals surface area contributed by atoms with Gasteiger partial charge in [0.25, 0.3) is 7.52 Å². The number of unbranched alkanes of at least 4 members (excludes halogenated alkanes) is 1. The monoisotopic (exact) mass is 337 g/mol. The quantitative estimate of drug-likeness (QED) is 0.615. The van der Waals surface area contributed by atoms with Gasteiger partial charge in [-0.3, -0.25) is 4.57 Å². The maximum Gasteiger partial charge on any atom is 0.280 e. The zero-order valence-corrected chi connectivity index (χ0v) is 16.2. The van der Waals surface area contributed by atoms with Crippen molar-refractivity contribution in [3.8, 4) is 0 Å². The van der Waals surface area contributed by atoms with Gasteiger partial charge in [0.1, 0.15) is 0 Å². The van der Waals surface area contributed by atoms with Gasteiger partial charge in [-0.2, -0.15) is 0 Å². The van der Waals surface area contributed by atoms with E-state index in [4.69, 9.17) is 4.52 Å². The second kappa shape index (κ2) is 7.51. The van der Waals surface area contributed by atoms with Gasteiger partial charge in [-0.15, -0.1) is 0 Å². The lowest BCUT2D eigenvalue weighted by atomic mass is 10.1. The molecule has 0 N–H and O–H groups in total. The summed E-state index contributed by atoms with van der Waals surface area (Å²) in [4.78, 5) is 0. The molecule has 0 aromatic heterocycles. The molecule has 3 atom stereocenters. The molecule has 1 heterocycles. The Morgan fingerprint density at radius 1 is 1.30 bits per heavy atom. The first-order chi connectivity index (χ1) is 10.8. The smallest absolute Gasteiger partial charge is 0.280 e. The summed E-state index contributed by atoms with van der Waals surface area (Å²) < 4.78 is 22.5. The maximum atomic E-state index is 14.1. The van der Waals surface area contributed by atoms with Crippen LogP contribution in [0.2, 0.25) is 0 Å². The van der Waals surface area contributed by atoms with Crippen LogP contribution in [-0.2, 0) is 9.09 Å². The van der Waals surface area contributed by atoms with Crippen LogP contribution in [0.25, 0.3) is 0 Å². The van der Waals surface area contributed by atoms with Crippen LogP contribution in [0.5, 0.6) is 0 Å². The highest BCUT2D eigenvalue weighted by atomic mass is 31.2. The molecule has 23 heavy (non-hydrogen) atoms. The molecule has 1 aromatic rings. The van der Waals surface area contributed by atoms with Gasteiger partial charge in [-0.1, -0.05) is 50.1 Å². The van der Waals surface area contributed by atoms with Crippen LogP contribution in [0.4, 0.5) is 0 Å². The fraction of sp³-hybridized carbons (Fsp3) is 0.684. The Balaban J connectivity index is 2.45. The first-order valence-electron chi connectivity index (χ1n) is 8.90. The molecule has 0 bridgehead atoms. The Hall–Kier alpha value is -0.630. The van der Waals surface area contributed by atoms with E-state index in [0.717, 1.165) is 37.8 Å². The van der Waals surface area contributed by atoms with Crippen molar-refractivity contribution in [3.05, 3.63) is 35.9 Å². The molecule has 2 rings (SSSR count). The van der Waals surface area contributed by atoms with Crippen LogP contribution in [0.15, 0.2) is 30.3 Å². The summed E-state index contributed by atoms with van der Waals surface area (Å²) in [7, 11) is -2.93. The Labute approximate surface area is 141 Å². The zero-order chi connectivity index (χ0) is 17.1. The lowest BCUT2D eigenvalue weighted by Crippen LogP contribution is -2.45. The van der Waals surface area contributed by atoms with E-state index in [-0.39, 0.29) is 17.3 Å². The molecule has 1 fully saturated rings. The van der Waals surface area contributed by atoms with Crippen molar-refractivity contribution in [1.82, 2.24) is 4.67 Å². The van der Waals surface area contributed by atoms with E-state index in [2.05, 4.69) is 51.4 Å². The summed E-state index contributed by atoms with van der Waals surface area (Å²) >= 11 is 0. The summed E-state index contributed by atoms with van der Waals surface area (Å²) in [5.74, 6) is 0. The number of hydrogen-bond acceptors (Lipinski definition) is 2. The van der Waals surface area contributed by atoms with Crippen LogP contribution in [-0.4, -0.2) is 22.9 Å². The molecule has 130 valence electrons. The van der Waals surface area contributed by atoms with Crippen LogP contribution in [0.3, 0.4) is 0 Å². The Morgan fingerprint density at radius 3 is 2.52 bits per heavy atom. The van der Waals surface area contributed by atoms with E-state index in [1.54, 1.807) is 0 Å². The number of benzene rings is 1. The van der Waals surface area contributed by atoms with Crippen LogP contribution < -0.4 is 0 Å². The van der Waals surface area contributed by atoms with Crippen molar-refractivity contribution < 1.29 is 9.09 Å². The molecule has 0 spiro atoms. The molecule has 1 unspecified atom stereocenters. The third-order valence-corrected chi connectivity index (χ3v) is 8.08. The second-order valence-corrected chi connectivity index (χ2v) is 10.1. The molecular formula is C19H32NO2P. The fourth-order valence-corrected chi connectivity index (χ4v) is 6.90. The molecule has 1 aliphatic heterocycles. The minimum atomic E-state index is -2.93. The summed E-state index contributed by atoms with van der Waals surface area (Å²) in [6.45, 7) is 11.5. The van der Waals surface area contributed by atoms with Crippen molar-refractivity contribution in [2.75, 3.05) is 6.54 Å². The van der Waals surface area contributed by atoms with Crippen molar-refractivity contribution in [2.24, 2.45) is 0 Å². The maximum absolute atomic E-state index is 14.1. The van der Waals surface area contributed by atoms with Crippen molar-refractivity contribution >= 4 is 7.52 Å². The molecule has 4 heteroatoms. The fourth-order valence-electron chi connectivity index (χ4n) is 3.40. The van der Waals surface area contributed by atoms with Gasteiger partial charge in [0.2, 0.25) is 0 Å². The molecule has 1 aromatic carbocycles. The zero-order valence-electron chi connectivity index (χ0n) is 15.3. The van der Waals surface area contributed by atoms with Gasteiger partial charge in [0.05, 0.1) is 11.8 Å². The average molecular weight is 337 g/mol. The first kappa shape index (κ1) is 18.7. The minimum Gasteiger partial charge on any atom is -0.314 e. The number of nitrogens with zero attached hydrogens (tertiary/aromatic N) is 1.